The zero-order chi connectivity index (χ0) is 13.7. The van der Waals surface area contributed by atoms with Crippen molar-refractivity contribution in [3.63, 3.8) is 0 Å². The van der Waals surface area contributed by atoms with Gasteiger partial charge in [0.1, 0.15) is 0 Å². The lowest BCUT2D eigenvalue weighted by atomic mass is 9.91. The van der Waals surface area contributed by atoms with E-state index in [9.17, 15) is 5.11 Å². The molecule has 3 nitrogen and oxygen atoms in total. The molecule has 5 heteroatoms. The molecule has 0 aliphatic rings. The van der Waals surface area contributed by atoms with Gasteiger partial charge in [0.25, 0.3) is 0 Å². The molecule has 0 bridgehead atoms. The monoisotopic (exact) mass is 292 g/mol. The van der Waals surface area contributed by atoms with Crippen LogP contribution in [-0.4, -0.2) is 30.0 Å². The van der Waals surface area contributed by atoms with Gasteiger partial charge in [-0.1, -0.05) is 30.1 Å². The maximum atomic E-state index is 9.52. The average molecular weight is 293 g/mol. The van der Waals surface area contributed by atoms with E-state index in [0.29, 0.717) is 22.2 Å². The molecule has 18 heavy (non-hydrogen) atoms. The van der Waals surface area contributed by atoms with Gasteiger partial charge in [0.2, 0.25) is 0 Å². The fraction of sp³-hybridized carbons (Fsp3) is 0.538. The quantitative estimate of drug-likeness (QED) is 0.846. The lowest BCUT2D eigenvalue weighted by Crippen LogP contribution is -2.16. The summed E-state index contributed by atoms with van der Waals surface area (Å²) in [5.41, 5.74) is 0.945. The van der Waals surface area contributed by atoms with Crippen LogP contribution >= 0.6 is 23.2 Å². The van der Waals surface area contributed by atoms with Crippen molar-refractivity contribution in [1.29, 1.82) is 0 Å². The minimum Gasteiger partial charge on any atom is -0.494 e. The highest BCUT2D eigenvalue weighted by Gasteiger charge is 2.17. The Morgan fingerprint density at radius 1 is 1.28 bits per heavy atom. The second kappa shape index (κ2) is 7.19. The van der Waals surface area contributed by atoms with E-state index in [-0.39, 0.29) is 12.5 Å². The normalized spacial score (nSPS) is 14.3. The van der Waals surface area contributed by atoms with Crippen molar-refractivity contribution in [3.05, 3.63) is 27.7 Å². The molecule has 0 spiro atoms. The predicted molar refractivity (Wildman–Crippen MR) is 73.8 cm³/mol. The van der Waals surface area contributed by atoms with E-state index in [0.717, 1.165) is 12.0 Å². The lowest BCUT2D eigenvalue weighted by Gasteiger charge is -2.19. The first-order valence-corrected chi connectivity index (χ1v) is 6.60. The Labute approximate surface area is 117 Å². The van der Waals surface area contributed by atoms with Gasteiger partial charge in [-0.05, 0) is 36.5 Å². The van der Waals surface area contributed by atoms with Crippen molar-refractivity contribution in [3.8, 4) is 5.75 Å². The summed E-state index contributed by atoms with van der Waals surface area (Å²) in [4.78, 5) is 0. The predicted octanol–water partition coefficient (Wildman–Crippen LogP) is 3.24. The van der Waals surface area contributed by atoms with Crippen LogP contribution in [0.25, 0.3) is 0 Å². The molecule has 2 unspecified atom stereocenters. The molecule has 102 valence electrons. The molecule has 1 aromatic rings. The molecule has 2 atom stereocenters. The standard InChI is InChI=1S/C13H18Cl2O3/c1-3-8(4-10(17)7-16)9-5-11(14)13(18-2)12(15)6-9/h5-6,8,10,16-17H,3-4,7H2,1-2H3. The molecule has 1 aromatic carbocycles. The van der Waals surface area contributed by atoms with Gasteiger partial charge in [-0.25, -0.2) is 0 Å². The summed E-state index contributed by atoms with van der Waals surface area (Å²) in [6, 6.07) is 3.59. The Morgan fingerprint density at radius 3 is 2.22 bits per heavy atom. The van der Waals surface area contributed by atoms with Gasteiger partial charge < -0.3 is 14.9 Å². The van der Waals surface area contributed by atoms with E-state index in [1.54, 1.807) is 12.1 Å². The van der Waals surface area contributed by atoms with Crippen molar-refractivity contribution < 1.29 is 14.9 Å². The average Bonchev–Trinajstić information content (AvgIpc) is 2.35. The van der Waals surface area contributed by atoms with Crippen LogP contribution < -0.4 is 4.74 Å². The van der Waals surface area contributed by atoms with Crippen LogP contribution in [-0.2, 0) is 0 Å². The number of hydrogen-bond donors (Lipinski definition) is 2. The third-order valence-electron chi connectivity index (χ3n) is 2.96. The molecule has 0 aliphatic carbocycles. The smallest absolute Gasteiger partial charge is 0.156 e. The first-order chi connectivity index (χ1) is 8.53. The number of rotatable bonds is 6. The summed E-state index contributed by atoms with van der Waals surface area (Å²) in [6.07, 6.45) is 0.580. The molecular formula is C13H18Cl2O3. The van der Waals surface area contributed by atoms with Crippen LogP contribution in [0.5, 0.6) is 5.75 Å². The van der Waals surface area contributed by atoms with Gasteiger partial charge >= 0.3 is 0 Å². The maximum absolute atomic E-state index is 9.52. The van der Waals surface area contributed by atoms with Crippen molar-refractivity contribution in [2.24, 2.45) is 0 Å². The van der Waals surface area contributed by atoms with Crippen LogP contribution in [0, 0.1) is 0 Å². The molecule has 1 rings (SSSR count). The van der Waals surface area contributed by atoms with E-state index >= 15 is 0 Å². The van der Waals surface area contributed by atoms with Crippen LogP contribution in [0.2, 0.25) is 10.0 Å². The molecule has 0 saturated heterocycles. The van der Waals surface area contributed by atoms with Gasteiger partial charge in [-0.2, -0.15) is 0 Å². The minimum absolute atomic E-state index is 0.105. The molecule has 0 heterocycles. The number of hydrogen-bond acceptors (Lipinski definition) is 3. The van der Waals surface area contributed by atoms with E-state index in [2.05, 4.69) is 0 Å². The van der Waals surface area contributed by atoms with E-state index < -0.39 is 6.10 Å². The molecule has 2 N–H and O–H groups in total. The Kier molecular flexibility index (Phi) is 6.22. The Bertz CT molecular complexity index is 373. The number of aliphatic hydroxyl groups excluding tert-OH is 2. The molecule has 0 saturated carbocycles. The third kappa shape index (κ3) is 3.75. The second-order valence-electron chi connectivity index (χ2n) is 4.20. The van der Waals surface area contributed by atoms with Crippen molar-refractivity contribution in [2.75, 3.05) is 13.7 Å². The highest BCUT2D eigenvalue weighted by molar-refractivity contribution is 6.37. The fourth-order valence-electron chi connectivity index (χ4n) is 1.95. The molecule has 0 fully saturated rings. The van der Waals surface area contributed by atoms with Crippen LogP contribution in [0.15, 0.2) is 12.1 Å². The lowest BCUT2D eigenvalue weighted by molar-refractivity contribution is 0.0817. The Balaban J connectivity index is 3.00. The zero-order valence-corrected chi connectivity index (χ0v) is 12.0. The van der Waals surface area contributed by atoms with Crippen LogP contribution in [0.3, 0.4) is 0 Å². The fourth-order valence-corrected chi connectivity index (χ4v) is 2.61. The Hall–Kier alpha value is -0.480. The maximum Gasteiger partial charge on any atom is 0.156 e. The number of halogens is 2. The molecule has 0 aromatic heterocycles. The van der Waals surface area contributed by atoms with Crippen LogP contribution in [0.1, 0.15) is 31.2 Å². The van der Waals surface area contributed by atoms with Gasteiger partial charge in [0.05, 0.1) is 29.9 Å². The summed E-state index contributed by atoms with van der Waals surface area (Å²) in [5, 5.41) is 19.3. The SMILES string of the molecule is CCC(CC(O)CO)c1cc(Cl)c(OC)c(Cl)c1. The molecule has 0 aliphatic heterocycles. The van der Waals surface area contributed by atoms with Gasteiger partial charge in [0.15, 0.2) is 5.75 Å². The summed E-state index contributed by atoms with van der Waals surface area (Å²) in [7, 11) is 1.51. The molecular weight excluding hydrogens is 275 g/mol. The van der Waals surface area contributed by atoms with Gasteiger partial charge in [-0.3, -0.25) is 0 Å². The van der Waals surface area contributed by atoms with Crippen molar-refractivity contribution in [1.82, 2.24) is 0 Å². The number of benzene rings is 1. The highest BCUT2D eigenvalue weighted by Crippen LogP contribution is 2.37. The zero-order valence-electron chi connectivity index (χ0n) is 10.5. The minimum atomic E-state index is -0.727. The first-order valence-electron chi connectivity index (χ1n) is 5.85. The topological polar surface area (TPSA) is 49.7 Å². The first kappa shape index (κ1) is 15.6. The summed E-state index contributed by atoms with van der Waals surface area (Å²) in [5.74, 6) is 0.563. The third-order valence-corrected chi connectivity index (χ3v) is 3.52. The number of aliphatic hydroxyl groups is 2. The van der Waals surface area contributed by atoms with E-state index in [4.69, 9.17) is 33.0 Å². The van der Waals surface area contributed by atoms with Crippen LogP contribution in [0.4, 0.5) is 0 Å². The van der Waals surface area contributed by atoms with Gasteiger partial charge in [0, 0.05) is 0 Å². The Morgan fingerprint density at radius 2 is 1.83 bits per heavy atom. The number of methoxy groups -OCH3 is 1. The number of ether oxygens (including phenoxy) is 1. The van der Waals surface area contributed by atoms with Crippen molar-refractivity contribution in [2.45, 2.75) is 31.8 Å². The molecule has 0 amide bonds. The second-order valence-corrected chi connectivity index (χ2v) is 5.01. The van der Waals surface area contributed by atoms with E-state index in [1.165, 1.54) is 7.11 Å². The van der Waals surface area contributed by atoms with Gasteiger partial charge in [-0.15, -0.1) is 0 Å². The summed E-state index contributed by atoms with van der Waals surface area (Å²) < 4.78 is 5.09. The highest BCUT2D eigenvalue weighted by atomic mass is 35.5. The largest absolute Gasteiger partial charge is 0.494 e. The van der Waals surface area contributed by atoms with Crippen molar-refractivity contribution >= 4 is 23.2 Å². The summed E-state index contributed by atoms with van der Waals surface area (Å²) in [6.45, 7) is 1.77. The molecule has 0 radical (unpaired) electrons. The summed E-state index contributed by atoms with van der Waals surface area (Å²) >= 11 is 12.2. The van der Waals surface area contributed by atoms with E-state index in [1.807, 2.05) is 6.92 Å².